The Bertz CT molecular complexity index is 1010. The number of nitrogens with two attached hydrogens (primary N) is 1. The fourth-order valence-corrected chi connectivity index (χ4v) is 3.27. The highest BCUT2D eigenvalue weighted by Gasteiger charge is 2.20. The minimum atomic E-state index is -3.97. The Morgan fingerprint density at radius 1 is 1.22 bits per heavy atom. The molecule has 0 bridgehead atoms. The van der Waals surface area contributed by atoms with E-state index in [9.17, 15) is 13.2 Å². The van der Waals surface area contributed by atoms with Crippen LogP contribution in [-0.2, 0) is 16.4 Å². The van der Waals surface area contributed by atoms with Gasteiger partial charge in [0.05, 0.1) is 10.4 Å². The van der Waals surface area contributed by atoms with Crippen molar-refractivity contribution >= 4 is 26.7 Å². The van der Waals surface area contributed by atoms with Gasteiger partial charge in [-0.05, 0) is 24.6 Å². The van der Waals surface area contributed by atoms with Gasteiger partial charge in [0.2, 0.25) is 10.0 Å². The predicted molar refractivity (Wildman–Crippen MR) is 86.7 cm³/mol. The molecule has 1 aromatic heterocycles. The van der Waals surface area contributed by atoms with Gasteiger partial charge >= 0.3 is 0 Å². The quantitative estimate of drug-likeness (QED) is 0.714. The Kier molecular flexibility index (Phi) is 3.75. The van der Waals surface area contributed by atoms with Gasteiger partial charge in [-0.1, -0.05) is 31.2 Å². The lowest BCUT2D eigenvalue weighted by molar-refractivity contribution is 0.103. The van der Waals surface area contributed by atoms with Crippen LogP contribution < -0.4 is 5.14 Å². The molecular weight excluding hydrogens is 314 g/mol. The van der Waals surface area contributed by atoms with Gasteiger partial charge in [-0.2, -0.15) is 5.10 Å². The molecule has 7 heteroatoms. The number of H-pyrrole nitrogens is 1. The lowest BCUT2D eigenvalue weighted by atomic mass is 10.0. The lowest BCUT2D eigenvalue weighted by Gasteiger charge is -2.07. The molecule has 3 aromatic rings. The third kappa shape index (κ3) is 2.76. The maximum atomic E-state index is 12.7. The second-order valence-electron chi connectivity index (χ2n) is 5.16. The molecule has 23 heavy (non-hydrogen) atoms. The summed E-state index contributed by atoms with van der Waals surface area (Å²) in [6.45, 7) is 2.01. The highest BCUT2D eigenvalue weighted by atomic mass is 32.2. The first-order valence-electron chi connectivity index (χ1n) is 7.05. The number of hydrogen-bond acceptors (Lipinski definition) is 4. The highest BCUT2D eigenvalue weighted by molar-refractivity contribution is 7.89. The summed E-state index contributed by atoms with van der Waals surface area (Å²) < 4.78 is 23.3. The summed E-state index contributed by atoms with van der Waals surface area (Å²) in [6.07, 6.45) is 0.804. The number of nitrogens with one attached hydrogen (secondary N) is 1. The van der Waals surface area contributed by atoms with E-state index < -0.39 is 15.8 Å². The maximum absolute atomic E-state index is 12.7. The van der Waals surface area contributed by atoms with Crippen molar-refractivity contribution in [1.82, 2.24) is 10.2 Å². The van der Waals surface area contributed by atoms with Gasteiger partial charge in [0.15, 0.2) is 5.78 Å². The van der Waals surface area contributed by atoms with Crippen LogP contribution in [0.3, 0.4) is 0 Å². The van der Waals surface area contributed by atoms with Crippen molar-refractivity contribution in [2.24, 2.45) is 5.14 Å². The van der Waals surface area contributed by atoms with E-state index in [-0.39, 0.29) is 10.5 Å². The summed E-state index contributed by atoms with van der Waals surface area (Å²) in [4.78, 5) is 12.5. The predicted octanol–water partition coefficient (Wildman–Crippen LogP) is 2.00. The van der Waals surface area contributed by atoms with Crippen molar-refractivity contribution in [1.29, 1.82) is 0 Å². The molecule has 0 saturated carbocycles. The number of hydrogen-bond donors (Lipinski definition) is 2. The maximum Gasteiger partial charge on any atom is 0.238 e. The Balaban J connectivity index is 2.11. The highest BCUT2D eigenvalue weighted by Crippen LogP contribution is 2.22. The van der Waals surface area contributed by atoms with Crippen LogP contribution in [0.4, 0.5) is 0 Å². The van der Waals surface area contributed by atoms with E-state index in [2.05, 4.69) is 10.2 Å². The van der Waals surface area contributed by atoms with E-state index in [1.807, 2.05) is 13.0 Å². The molecule has 0 radical (unpaired) electrons. The summed E-state index contributed by atoms with van der Waals surface area (Å²) in [5, 5.41) is 13.2. The number of benzene rings is 2. The standard InChI is InChI=1S/C16H15N3O3S/c1-2-13-11-8-7-10(9-14(11)19-18-13)16(20)12-5-3-4-6-15(12)23(17,21)22/h3-9H,2H2,1H3,(H,18,19)(H2,17,21,22). The molecule has 0 unspecified atom stereocenters. The summed E-state index contributed by atoms with van der Waals surface area (Å²) in [6, 6.07) is 11.0. The van der Waals surface area contributed by atoms with E-state index in [0.29, 0.717) is 11.1 Å². The van der Waals surface area contributed by atoms with Gasteiger partial charge in [-0.25, -0.2) is 13.6 Å². The van der Waals surface area contributed by atoms with Crippen molar-refractivity contribution in [3.8, 4) is 0 Å². The van der Waals surface area contributed by atoms with Crippen LogP contribution in [0, 0.1) is 0 Å². The number of aromatic nitrogens is 2. The average Bonchev–Trinajstić information content (AvgIpc) is 2.95. The second-order valence-corrected chi connectivity index (χ2v) is 6.69. The van der Waals surface area contributed by atoms with Gasteiger partial charge in [-0.3, -0.25) is 9.89 Å². The van der Waals surface area contributed by atoms with Crippen LogP contribution in [0.2, 0.25) is 0 Å². The second kappa shape index (κ2) is 5.60. The summed E-state index contributed by atoms with van der Waals surface area (Å²) in [5.74, 6) is -0.405. The fraction of sp³-hybridized carbons (Fsp3) is 0.125. The number of nitrogens with zero attached hydrogens (tertiary/aromatic N) is 1. The summed E-state index contributed by atoms with van der Waals surface area (Å²) >= 11 is 0. The third-order valence-electron chi connectivity index (χ3n) is 3.69. The Morgan fingerprint density at radius 3 is 2.65 bits per heavy atom. The molecule has 0 spiro atoms. The normalized spacial score (nSPS) is 11.7. The number of sulfonamides is 1. The third-order valence-corrected chi connectivity index (χ3v) is 4.66. The number of ketones is 1. The molecule has 0 atom stereocenters. The average molecular weight is 329 g/mol. The van der Waals surface area contributed by atoms with Crippen molar-refractivity contribution in [2.45, 2.75) is 18.2 Å². The Hall–Kier alpha value is -2.51. The van der Waals surface area contributed by atoms with Crippen molar-refractivity contribution in [3.63, 3.8) is 0 Å². The molecule has 6 nitrogen and oxygen atoms in total. The molecule has 0 amide bonds. The number of primary sulfonamides is 1. The first-order valence-corrected chi connectivity index (χ1v) is 8.60. The summed E-state index contributed by atoms with van der Waals surface area (Å²) in [5.41, 5.74) is 2.08. The van der Waals surface area contributed by atoms with E-state index >= 15 is 0 Å². The minimum absolute atomic E-state index is 0.0561. The zero-order chi connectivity index (χ0) is 16.6. The Labute approximate surface area is 133 Å². The molecule has 0 saturated heterocycles. The first-order chi connectivity index (χ1) is 10.9. The SMILES string of the molecule is CCc1[nH]nc2cc(C(=O)c3ccccc3S(N)(=O)=O)ccc12. The fourth-order valence-electron chi connectivity index (χ4n) is 2.54. The van der Waals surface area contributed by atoms with Crippen LogP contribution in [-0.4, -0.2) is 24.4 Å². The number of carbonyl (C=O) groups is 1. The van der Waals surface area contributed by atoms with Gasteiger partial charge in [0, 0.05) is 22.2 Å². The van der Waals surface area contributed by atoms with Crippen molar-refractivity contribution in [3.05, 3.63) is 59.3 Å². The van der Waals surface area contributed by atoms with Crippen LogP contribution >= 0.6 is 0 Å². The molecule has 3 N–H and O–H groups in total. The smallest absolute Gasteiger partial charge is 0.238 e. The van der Waals surface area contributed by atoms with Crippen molar-refractivity contribution < 1.29 is 13.2 Å². The minimum Gasteiger partial charge on any atom is -0.289 e. The largest absolute Gasteiger partial charge is 0.289 e. The molecule has 1 heterocycles. The Morgan fingerprint density at radius 2 is 1.96 bits per heavy atom. The lowest BCUT2D eigenvalue weighted by Crippen LogP contribution is -2.17. The number of rotatable bonds is 4. The van der Waals surface area contributed by atoms with E-state index in [1.165, 1.54) is 18.2 Å². The molecule has 0 aliphatic heterocycles. The van der Waals surface area contributed by atoms with E-state index in [4.69, 9.17) is 5.14 Å². The van der Waals surface area contributed by atoms with Crippen LogP contribution in [0.15, 0.2) is 47.4 Å². The van der Waals surface area contributed by atoms with E-state index in [0.717, 1.165) is 17.5 Å². The zero-order valence-corrected chi connectivity index (χ0v) is 13.2. The number of aryl methyl sites for hydroxylation is 1. The monoisotopic (exact) mass is 329 g/mol. The molecule has 3 rings (SSSR count). The molecule has 0 aliphatic rings. The van der Waals surface area contributed by atoms with Gasteiger partial charge in [-0.15, -0.1) is 0 Å². The number of fused-ring (bicyclic) bond motifs is 1. The van der Waals surface area contributed by atoms with Gasteiger partial charge in [0.1, 0.15) is 0 Å². The first kappa shape index (κ1) is 15.4. The van der Waals surface area contributed by atoms with Crippen molar-refractivity contribution in [2.75, 3.05) is 0 Å². The molecular formula is C16H15N3O3S. The zero-order valence-electron chi connectivity index (χ0n) is 12.4. The molecule has 2 aromatic carbocycles. The van der Waals surface area contributed by atoms with Gasteiger partial charge in [0.25, 0.3) is 0 Å². The molecule has 0 fully saturated rings. The topological polar surface area (TPSA) is 106 Å². The van der Waals surface area contributed by atoms with Crippen LogP contribution in [0.25, 0.3) is 10.9 Å². The molecule has 118 valence electrons. The number of carbonyl (C=O) groups excluding carboxylic acids is 1. The van der Waals surface area contributed by atoms with Gasteiger partial charge < -0.3 is 0 Å². The van der Waals surface area contributed by atoms with Crippen LogP contribution in [0.1, 0.15) is 28.5 Å². The summed E-state index contributed by atoms with van der Waals surface area (Å²) in [7, 11) is -3.97. The number of aromatic amines is 1. The molecule has 0 aliphatic carbocycles. The van der Waals surface area contributed by atoms with E-state index in [1.54, 1.807) is 18.2 Å². The van der Waals surface area contributed by atoms with Crippen LogP contribution in [0.5, 0.6) is 0 Å².